The Morgan fingerprint density at radius 2 is 1.74 bits per heavy atom. The number of nitrogens with one attached hydrogen (secondary N) is 1. The highest BCUT2D eigenvalue weighted by Crippen LogP contribution is 1.99. The summed E-state index contributed by atoms with van der Waals surface area (Å²) in [6, 6.07) is -2.60. The van der Waals surface area contributed by atoms with E-state index < -0.39 is 48.7 Å². The Bertz CT molecular complexity index is 369. The predicted molar refractivity (Wildman–Crippen MR) is 60.8 cm³/mol. The fourth-order valence-electron chi connectivity index (χ4n) is 1.15. The number of amides is 1. The summed E-state index contributed by atoms with van der Waals surface area (Å²) in [5.41, 5.74) is 5.31. The van der Waals surface area contributed by atoms with Gasteiger partial charge in [0.05, 0.1) is 33.1 Å². The first-order chi connectivity index (χ1) is 8.81. The lowest BCUT2D eigenvalue weighted by atomic mass is 10.1. The molecule has 0 unspecified atom stereocenters. The molecule has 0 radical (unpaired) electrons. The molecule has 108 valence electrons. The zero-order chi connectivity index (χ0) is 15.0. The Kier molecular flexibility index (Phi) is 7.12. The third-order valence-corrected chi connectivity index (χ3v) is 2.13. The van der Waals surface area contributed by atoms with Crippen LogP contribution in [0, 0.1) is 0 Å². The average molecular weight is 276 g/mol. The van der Waals surface area contributed by atoms with Crippen LogP contribution in [0.2, 0.25) is 0 Å². The van der Waals surface area contributed by atoms with Crippen LogP contribution in [-0.4, -0.2) is 55.2 Å². The first kappa shape index (κ1) is 16.8. The van der Waals surface area contributed by atoms with Crippen molar-refractivity contribution < 1.29 is 33.8 Å². The van der Waals surface area contributed by atoms with E-state index in [4.69, 9.17) is 10.8 Å². The SMILES string of the molecule is COC(=O)C[C@H](NC(=O)[C@@H](N)CC(=O)O)C(=O)OC. The van der Waals surface area contributed by atoms with Crippen molar-refractivity contribution >= 4 is 23.8 Å². The molecule has 0 aromatic heterocycles. The van der Waals surface area contributed by atoms with Gasteiger partial charge in [0.1, 0.15) is 6.04 Å². The summed E-state index contributed by atoms with van der Waals surface area (Å²) in [7, 11) is 2.20. The Morgan fingerprint density at radius 3 is 2.16 bits per heavy atom. The Balaban J connectivity index is 4.63. The fraction of sp³-hybridized carbons (Fsp3) is 0.600. The maximum atomic E-state index is 11.5. The smallest absolute Gasteiger partial charge is 0.328 e. The van der Waals surface area contributed by atoms with Crippen molar-refractivity contribution in [3.05, 3.63) is 0 Å². The standard InChI is InChI=1S/C10H16N2O7/c1-18-8(15)4-6(10(17)19-2)12-9(16)5(11)3-7(13)14/h5-6H,3-4,11H2,1-2H3,(H,12,16)(H,13,14)/t5-,6-/m0/s1. The van der Waals surface area contributed by atoms with E-state index in [0.717, 1.165) is 14.2 Å². The molecule has 0 saturated heterocycles. The number of methoxy groups -OCH3 is 2. The summed E-state index contributed by atoms with van der Waals surface area (Å²) >= 11 is 0. The minimum absolute atomic E-state index is 0.436. The monoisotopic (exact) mass is 276 g/mol. The Morgan fingerprint density at radius 1 is 1.16 bits per heavy atom. The van der Waals surface area contributed by atoms with Gasteiger partial charge in [-0.2, -0.15) is 0 Å². The van der Waals surface area contributed by atoms with Gasteiger partial charge in [-0.15, -0.1) is 0 Å². The molecule has 0 heterocycles. The average Bonchev–Trinajstić information content (AvgIpc) is 2.35. The lowest BCUT2D eigenvalue weighted by Crippen LogP contribution is -2.50. The first-order valence-corrected chi connectivity index (χ1v) is 5.24. The van der Waals surface area contributed by atoms with Gasteiger partial charge in [0, 0.05) is 0 Å². The van der Waals surface area contributed by atoms with Crippen molar-refractivity contribution in [3.63, 3.8) is 0 Å². The van der Waals surface area contributed by atoms with E-state index in [-0.39, 0.29) is 0 Å². The summed E-state index contributed by atoms with van der Waals surface area (Å²) in [6.07, 6.45) is -1.04. The molecule has 0 aliphatic carbocycles. The molecule has 0 aromatic carbocycles. The third-order valence-electron chi connectivity index (χ3n) is 2.13. The largest absolute Gasteiger partial charge is 0.481 e. The molecule has 9 heteroatoms. The van der Waals surface area contributed by atoms with Crippen molar-refractivity contribution in [2.45, 2.75) is 24.9 Å². The van der Waals surface area contributed by atoms with Crippen LogP contribution in [0.25, 0.3) is 0 Å². The van der Waals surface area contributed by atoms with E-state index in [1.165, 1.54) is 0 Å². The van der Waals surface area contributed by atoms with E-state index >= 15 is 0 Å². The Hall–Kier alpha value is -2.16. The first-order valence-electron chi connectivity index (χ1n) is 5.24. The van der Waals surface area contributed by atoms with Gasteiger partial charge in [-0.05, 0) is 0 Å². The molecule has 19 heavy (non-hydrogen) atoms. The van der Waals surface area contributed by atoms with Crippen molar-refractivity contribution in [2.75, 3.05) is 14.2 Å². The minimum Gasteiger partial charge on any atom is -0.481 e. The number of carboxylic acids is 1. The number of hydrogen-bond donors (Lipinski definition) is 3. The van der Waals surface area contributed by atoms with Crippen LogP contribution < -0.4 is 11.1 Å². The lowest BCUT2D eigenvalue weighted by molar-refractivity contribution is -0.151. The number of rotatable bonds is 7. The highest BCUT2D eigenvalue weighted by molar-refractivity contribution is 5.91. The zero-order valence-electron chi connectivity index (χ0n) is 10.5. The molecular formula is C10H16N2O7. The topological polar surface area (TPSA) is 145 Å². The van der Waals surface area contributed by atoms with Crippen molar-refractivity contribution in [1.82, 2.24) is 5.32 Å². The normalized spacial score (nSPS) is 13.0. The number of ether oxygens (including phenoxy) is 2. The van der Waals surface area contributed by atoms with Gasteiger partial charge in [-0.3, -0.25) is 14.4 Å². The third kappa shape index (κ3) is 6.36. The number of carbonyl (C=O) groups excluding carboxylic acids is 3. The summed E-state index contributed by atoms with van der Waals surface area (Å²) in [6.45, 7) is 0. The van der Waals surface area contributed by atoms with Gasteiger partial charge < -0.3 is 25.6 Å². The van der Waals surface area contributed by atoms with E-state index in [2.05, 4.69) is 14.8 Å². The van der Waals surface area contributed by atoms with E-state index in [9.17, 15) is 19.2 Å². The lowest BCUT2D eigenvalue weighted by Gasteiger charge is -2.17. The molecule has 0 aliphatic heterocycles. The molecule has 0 aromatic rings. The summed E-state index contributed by atoms with van der Waals surface area (Å²) < 4.78 is 8.76. The van der Waals surface area contributed by atoms with Crippen molar-refractivity contribution in [3.8, 4) is 0 Å². The zero-order valence-corrected chi connectivity index (χ0v) is 10.5. The van der Waals surface area contributed by atoms with Crippen molar-refractivity contribution in [1.29, 1.82) is 0 Å². The van der Waals surface area contributed by atoms with Crippen LogP contribution in [0.3, 0.4) is 0 Å². The molecule has 2 atom stereocenters. The van der Waals surface area contributed by atoms with Gasteiger partial charge in [0.15, 0.2) is 0 Å². The highest BCUT2D eigenvalue weighted by Gasteiger charge is 2.27. The summed E-state index contributed by atoms with van der Waals surface area (Å²) in [5.74, 6) is -3.73. The van der Waals surface area contributed by atoms with Gasteiger partial charge in [-0.1, -0.05) is 0 Å². The van der Waals surface area contributed by atoms with E-state index in [0.29, 0.717) is 0 Å². The quantitative estimate of drug-likeness (QED) is 0.453. The Labute approximate surface area is 109 Å². The summed E-state index contributed by atoms with van der Waals surface area (Å²) in [5, 5.41) is 10.6. The number of esters is 2. The maximum absolute atomic E-state index is 11.5. The predicted octanol–water partition coefficient (Wildman–Crippen LogP) is -1.99. The molecular weight excluding hydrogens is 260 g/mol. The van der Waals surface area contributed by atoms with E-state index in [1.54, 1.807) is 0 Å². The van der Waals surface area contributed by atoms with E-state index in [1.807, 2.05) is 0 Å². The molecule has 4 N–H and O–H groups in total. The van der Waals surface area contributed by atoms with Crippen LogP contribution in [0.15, 0.2) is 0 Å². The summed E-state index contributed by atoms with van der Waals surface area (Å²) in [4.78, 5) is 44.3. The highest BCUT2D eigenvalue weighted by atomic mass is 16.5. The molecule has 0 spiro atoms. The molecule has 0 aliphatic rings. The van der Waals surface area contributed by atoms with Gasteiger partial charge in [-0.25, -0.2) is 4.79 Å². The maximum Gasteiger partial charge on any atom is 0.328 e. The minimum atomic E-state index is -1.33. The van der Waals surface area contributed by atoms with Crippen LogP contribution >= 0.6 is 0 Å². The van der Waals surface area contributed by atoms with Crippen LogP contribution in [0.4, 0.5) is 0 Å². The number of nitrogens with two attached hydrogens (primary N) is 1. The second-order valence-corrected chi connectivity index (χ2v) is 3.57. The number of carboxylic acid groups (broad SMARTS) is 1. The van der Waals surface area contributed by atoms with Crippen molar-refractivity contribution in [2.24, 2.45) is 5.73 Å². The second-order valence-electron chi connectivity index (χ2n) is 3.57. The molecule has 1 amide bonds. The molecule has 9 nitrogen and oxygen atoms in total. The number of aliphatic carboxylic acids is 1. The van der Waals surface area contributed by atoms with Crippen LogP contribution in [-0.2, 0) is 28.7 Å². The fourth-order valence-corrected chi connectivity index (χ4v) is 1.15. The number of hydrogen-bond acceptors (Lipinski definition) is 7. The van der Waals surface area contributed by atoms with Gasteiger partial charge >= 0.3 is 17.9 Å². The molecule has 0 bridgehead atoms. The van der Waals surface area contributed by atoms with Gasteiger partial charge in [0.25, 0.3) is 0 Å². The molecule has 0 rings (SSSR count). The van der Waals surface area contributed by atoms with Crippen LogP contribution in [0.5, 0.6) is 0 Å². The van der Waals surface area contributed by atoms with Crippen LogP contribution in [0.1, 0.15) is 12.8 Å². The molecule has 0 saturated carbocycles. The number of carbonyl (C=O) groups is 4. The van der Waals surface area contributed by atoms with Gasteiger partial charge in [0.2, 0.25) is 5.91 Å². The second kappa shape index (κ2) is 8.03. The molecule has 0 fully saturated rings.